The number of unbranched alkanes of at least 4 members (excludes halogenated alkanes) is 14. The molecule has 0 aliphatic heterocycles. The third-order valence-electron chi connectivity index (χ3n) is 4.52. The van der Waals surface area contributed by atoms with Crippen LogP contribution in [0.25, 0.3) is 0 Å². The minimum Gasteiger partial charge on any atom is -0.0654 e. The second-order valence-corrected chi connectivity index (χ2v) is 8.55. The van der Waals surface area contributed by atoms with Crippen LogP contribution in [0.1, 0.15) is 117 Å². The quantitative estimate of drug-likeness (QED) is 0.181. The Kier molecular flexibility index (Phi) is 20.4. The van der Waals surface area contributed by atoms with Crippen molar-refractivity contribution in [1.29, 1.82) is 0 Å². The van der Waals surface area contributed by atoms with E-state index in [9.17, 15) is 0 Å². The van der Waals surface area contributed by atoms with Crippen LogP contribution in [0.4, 0.5) is 0 Å². The molecule has 0 spiro atoms. The predicted molar refractivity (Wildman–Crippen MR) is 102 cm³/mol. The van der Waals surface area contributed by atoms with Crippen LogP contribution < -0.4 is 0 Å². The fourth-order valence-corrected chi connectivity index (χ4v) is 4.43. The van der Waals surface area contributed by atoms with Crippen LogP contribution in [0.2, 0.25) is 12.1 Å². The zero-order chi connectivity index (χ0) is 15.4. The van der Waals surface area contributed by atoms with Gasteiger partial charge in [0.1, 0.15) is 0 Å². The summed E-state index contributed by atoms with van der Waals surface area (Å²) < 4.78 is 0. The van der Waals surface area contributed by atoms with Crippen LogP contribution in [0.5, 0.6) is 0 Å². The summed E-state index contributed by atoms with van der Waals surface area (Å²) >= 11 is 0. The highest BCUT2D eigenvalue weighted by atomic mass is 28.2. The molecule has 0 fully saturated rings. The van der Waals surface area contributed by atoms with Crippen LogP contribution in [-0.4, -0.2) is 9.52 Å². The fourth-order valence-electron chi connectivity index (χ4n) is 2.99. The third-order valence-corrected chi connectivity index (χ3v) is 6.16. The Balaban J connectivity index is 2.90. The first-order valence-corrected chi connectivity index (χ1v) is 11.9. The Morgan fingerprint density at radius 2 is 0.667 bits per heavy atom. The summed E-state index contributed by atoms with van der Waals surface area (Å²) in [6.07, 6.45) is 23.6. The average molecular weight is 312 g/mol. The van der Waals surface area contributed by atoms with Crippen LogP contribution in [0, 0.1) is 0 Å². The molecule has 0 saturated heterocycles. The van der Waals surface area contributed by atoms with E-state index in [-0.39, 0.29) is 0 Å². The summed E-state index contributed by atoms with van der Waals surface area (Å²) in [6.45, 7) is 4.60. The largest absolute Gasteiger partial charge is 0.0654 e. The highest BCUT2D eigenvalue weighted by Crippen LogP contribution is 2.12. The first-order valence-electron chi connectivity index (χ1n) is 10.2. The van der Waals surface area contributed by atoms with Gasteiger partial charge in [0.25, 0.3) is 0 Å². The molecule has 21 heavy (non-hydrogen) atoms. The van der Waals surface area contributed by atoms with Crippen molar-refractivity contribution in [2.75, 3.05) is 0 Å². The van der Waals surface area contributed by atoms with Gasteiger partial charge in [-0.2, -0.15) is 0 Å². The standard InChI is InChI=1S/C20H43Si/c1-3-5-7-9-11-13-15-17-19-21-20-18-16-14-12-10-8-6-4-2/h21H,3-20H2,1-2H3. The van der Waals surface area contributed by atoms with E-state index < -0.39 is 0 Å². The van der Waals surface area contributed by atoms with E-state index in [0.717, 1.165) is 9.52 Å². The van der Waals surface area contributed by atoms with E-state index in [2.05, 4.69) is 13.8 Å². The van der Waals surface area contributed by atoms with Gasteiger partial charge in [-0.1, -0.05) is 129 Å². The first-order chi connectivity index (χ1) is 10.4. The van der Waals surface area contributed by atoms with Crippen LogP contribution in [-0.2, 0) is 0 Å². The molecule has 0 nitrogen and oxygen atoms in total. The van der Waals surface area contributed by atoms with Gasteiger partial charge in [0.15, 0.2) is 0 Å². The first kappa shape index (κ1) is 21.2. The van der Waals surface area contributed by atoms with Crippen molar-refractivity contribution < 1.29 is 0 Å². The maximum absolute atomic E-state index is 2.30. The molecule has 0 atom stereocenters. The summed E-state index contributed by atoms with van der Waals surface area (Å²) in [7, 11) is 0.786. The van der Waals surface area contributed by atoms with Gasteiger partial charge in [-0.25, -0.2) is 0 Å². The topological polar surface area (TPSA) is 0 Å². The van der Waals surface area contributed by atoms with Crippen molar-refractivity contribution in [2.24, 2.45) is 0 Å². The molecule has 0 bridgehead atoms. The van der Waals surface area contributed by atoms with Gasteiger partial charge in [-0.3, -0.25) is 0 Å². The highest BCUT2D eigenvalue weighted by molar-refractivity contribution is 6.35. The molecule has 0 aromatic heterocycles. The zero-order valence-electron chi connectivity index (χ0n) is 15.3. The van der Waals surface area contributed by atoms with Gasteiger partial charge < -0.3 is 0 Å². The van der Waals surface area contributed by atoms with Crippen molar-refractivity contribution in [3.8, 4) is 0 Å². The van der Waals surface area contributed by atoms with Crippen LogP contribution in [0.15, 0.2) is 0 Å². The van der Waals surface area contributed by atoms with Crippen LogP contribution in [0.3, 0.4) is 0 Å². The molecule has 0 amide bonds. The van der Waals surface area contributed by atoms with E-state index in [1.807, 2.05) is 0 Å². The summed E-state index contributed by atoms with van der Waals surface area (Å²) in [5.41, 5.74) is 0. The molecule has 0 aromatic carbocycles. The SMILES string of the molecule is CCCCCCCCCC[SiH]CCCCCCCCCC. The highest BCUT2D eigenvalue weighted by Gasteiger charge is 1.95. The minimum absolute atomic E-state index is 0.786. The predicted octanol–water partition coefficient (Wildman–Crippen LogP) is 7.54. The molecular weight excluding hydrogens is 268 g/mol. The molecule has 0 N–H and O–H groups in total. The lowest BCUT2D eigenvalue weighted by atomic mass is 10.1. The molecule has 0 unspecified atom stereocenters. The summed E-state index contributed by atoms with van der Waals surface area (Å²) in [4.78, 5) is 0. The average Bonchev–Trinajstić information content (AvgIpc) is 2.50. The number of hydrogen-bond donors (Lipinski definition) is 0. The molecule has 0 saturated carbocycles. The minimum atomic E-state index is 0.786. The van der Waals surface area contributed by atoms with E-state index in [1.165, 1.54) is 103 Å². The van der Waals surface area contributed by atoms with Crippen molar-refractivity contribution in [3.63, 3.8) is 0 Å². The fraction of sp³-hybridized carbons (Fsp3) is 1.00. The van der Waals surface area contributed by atoms with Gasteiger partial charge in [0, 0.05) is 9.52 Å². The molecule has 127 valence electrons. The summed E-state index contributed by atoms with van der Waals surface area (Å²) in [5.74, 6) is 0. The lowest BCUT2D eigenvalue weighted by Gasteiger charge is -2.03. The van der Waals surface area contributed by atoms with Gasteiger partial charge in [-0.15, -0.1) is 0 Å². The van der Waals surface area contributed by atoms with Gasteiger partial charge in [0.05, 0.1) is 0 Å². The van der Waals surface area contributed by atoms with Crippen molar-refractivity contribution >= 4 is 9.52 Å². The molecule has 0 aromatic rings. The number of rotatable bonds is 18. The third kappa shape index (κ3) is 20.2. The summed E-state index contributed by atoms with van der Waals surface area (Å²) in [6, 6.07) is 3.15. The Morgan fingerprint density at radius 3 is 1.00 bits per heavy atom. The lowest BCUT2D eigenvalue weighted by molar-refractivity contribution is 0.582. The normalized spacial score (nSPS) is 11.1. The van der Waals surface area contributed by atoms with Gasteiger partial charge in [-0.05, 0) is 0 Å². The molecule has 0 heterocycles. The Hall–Kier alpha value is 0.217. The van der Waals surface area contributed by atoms with Gasteiger partial charge >= 0.3 is 0 Å². The van der Waals surface area contributed by atoms with E-state index in [4.69, 9.17) is 0 Å². The molecule has 0 aliphatic rings. The van der Waals surface area contributed by atoms with Crippen LogP contribution >= 0.6 is 0 Å². The summed E-state index contributed by atoms with van der Waals surface area (Å²) in [5, 5.41) is 0. The van der Waals surface area contributed by atoms with E-state index >= 15 is 0 Å². The Labute approximate surface area is 138 Å². The Morgan fingerprint density at radius 1 is 0.381 bits per heavy atom. The number of hydrogen-bond acceptors (Lipinski definition) is 0. The van der Waals surface area contributed by atoms with E-state index in [1.54, 1.807) is 12.1 Å². The Bertz CT molecular complexity index is 149. The van der Waals surface area contributed by atoms with Crippen molar-refractivity contribution in [2.45, 2.75) is 129 Å². The molecular formula is C20H43Si. The molecule has 1 heteroatoms. The maximum Gasteiger partial charge on any atom is 0.0280 e. The lowest BCUT2D eigenvalue weighted by Crippen LogP contribution is -1.90. The monoisotopic (exact) mass is 311 g/mol. The van der Waals surface area contributed by atoms with E-state index in [0.29, 0.717) is 0 Å². The van der Waals surface area contributed by atoms with Crippen molar-refractivity contribution in [1.82, 2.24) is 0 Å². The molecule has 1 radical (unpaired) electrons. The molecule has 0 rings (SSSR count). The smallest absolute Gasteiger partial charge is 0.0280 e. The second kappa shape index (κ2) is 20.2. The second-order valence-electron chi connectivity index (χ2n) is 6.82. The maximum atomic E-state index is 2.30. The zero-order valence-corrected chi connectivity index (χ0v) is 16.5. The molecule has 0 aliphatic carbocycles. The van der Waals surface area contributed by atoms with Crippen molar-refractivity contribution in [3.05, 3.63) is 0 Å². The van der Waals surface area contributed by atoms with Gasteiger partial charge in [0.2, 0.25) is 0 Å².